The second kappa shape index (κ2) is 8.35. The van der Waals surface area contributed by atoms with Crippen molar-refractivity contribution in [3.63, 3.8) is 0 Å². The Labute approximate surface area is 133 Å². The van der Waals surface area contributed by atoms with Crippen molar-refractivity contribution in [1.82, 2.24) is 0 Å². The van der Waals surface area contributed by atoms with Gasteiger partial charge in [-0.3, -0.25) is 0 Å². The molecule has 0 bridgehead atoms. The molecule has 0 aliphatic carbocycles. The van der Waals surface area contributed by atoms with Crippen LogP contribution in [0.5, 0.6) is 0 Å². The largest absolute Gasteiger partial charge is 0.374 e. The van der Waals surface area contributed by atoms with E-state index in [0.29, 0.717) is 0 Å². The van der Waals surface area contributed by atoms with Crippen LogP contribution in [0.1, 0.15) is 17.7 Å². The maximum atomic E-state index is 3.20. The first-order chi connectivity index (χ1) is 10.6. The summed E-state index contributed by atoms with van der Waals surface area (Å²) in [5.41, 5.74) is 3.60. The van der Waals surface area contributed by atoms with E-state index in [1.54, 1.807) is 0 Å². The number of rotatable bonds is 7. The average Bonchev–Trinajstić information content (AvgIpc) is 2.54. The van der Waals surface area contributed by atoms with E-state index in [0.717, 1.165) is 12.2 Å². The van der Waals surface area contributed by atoms with Crippen LogP contribution in [0.2, 0.25) is 0 Å². The molecule has 22 heavy (non-hydrogen) atoms. The number of hydrogen-bond donors (Lipinski definition) is 1. The van der Waals surface area contributed by atoms with E-state index in [1.807, 2.05) is 18.3 Å². The van der Waals surface area contributed by atoms with Crippen molar-refractivity contribution in [2.45, 2.75) is 6.42 Å². The first-order valence-electron chi connectivity index (χ1n) is 7.90. The molecule has 0 saturated heterocycles. The molecule has 116 valence electrons. The van der Waals surface area contributed by atoms with Crippen molar-refractivity contribution in [3.8, 4) is 0 Å². The van der Waals surface area contributed by atoms with E-state index in [9.17, 15) is 0 Å². The number of aromatic nitrogens is 1. The van der Waals surface area contributed by atoms with Crippen LogP contribution in [-0.2, 0) is 0 Å². The summed E-state index contributed by atoms with van der Waals surface area (Å²) in [6.45, 7) is 2.30. The number of anilines is 1. The third-order valence-corrected chi connectivity index (χ3v) is 3.69. The molecule has 0 saturated carbocycles. The molecule has 0 fully saturated rings. The minimum atomic E-state index is 1.10. The van der Waals surface area contributed by atoms with Gasteiger partial charge in [0, 0.05) is 43.9 Å². The third-order valence-electron chi connectivity index (χ3n) is 3.69. The summed E-state index contributed by atoms with van der Waals surface area (Å²) in [5.74, 6) is 0. The van der Waals surface area contributed by atoms with Gasteiger partial charge in [-0.1, -0.05) is 12.1 Å². The fourth-order valence-corrected chi connectivity index (χ4v) is 2.34. The van der Waals surface area contributed by atoms with Gasteiger partial charge in [0.25, 0.3) is 0 Å². The first-order valence-corrected chi connectivity index (χ1v) is 7.90. The van der Waals surface area contributed by atoms with Gasteiger partial charge in [-0.15, -0.1) is 0 Å². The summed E-state index contributed by atoms with van der Waals surface area (Å²) in [5, 5.41) is 0. The standard InChI is InChI=1S/C19H25N3/c1-21(2)15-6-16-22(3)19-12-9-17(10-13-19)8-11-18-7-4-5-14-20-18/h4-5,7-14H,6,15-16H2,1-3H3/p+2. The van der Waals surface area contributed by atoms with Gasteiger partial charge in [0.2, 0.25) is 5.69 Å². The summed E-state index contributed by atoms with van der Waals surface area (Å²) < 4.78 is 0. The summed E-state index contributed by atoms with van der Waals surface area (Å²) in [6, 6.07) is 14.8. The molecule has 0 atom stereocenters. The molecule has 0 spiro atoms. The molecule has 2 N–H and O–H groups in total. The van der Waals surface area contributed by atoms with E-state index < -0.39 is 0 Å². The Morgan fingerprint density at radius 2 is 1.82 bits per heavy atom. The van der Waals surface area contributed by atoms with Gasteiger partial charge in [0.15, 0.2) is 6.20 Å². The average molecular weight is 297 g/mol. The summed E-state index contributed by atoms with van der Waals surface area (Å²) >= 11 is 0. The van der Waals surface area contributed by atoms with Crippen LogP contribution < -0.4 is 14.8 Å². The van der Waals surface area contributed by atoms with Crippen LogP contribution >= 0.6 is 0 Å². The fourth-order valence-electron chi connectivity index (χ4n) is 2.34. The summed E-state index contributed by atoms with van der Waals surface area (Å²) in [4.78, 5) is 7.03. The van der Waals surface area contributed by atoms with Crippen molar-refractivity contribution in [2.75, 3.05) is 39.1 Å². The van der Waals surface area contributed by atoms with Gasteiger partial charge in [-0.05, 0) is 29.8 Å². The molecule has 0 unspecified atom stereocenters. The molecule has 0 aliphatic rings. The number of benzene rings is 1. The lowest BCUT2D eigenvalue weighted by Crippen LogP contribution is -3.05. The predicted octanol–water partition coefficient (Wildman–Crippen LogP) is 1.64. The Balaban J connectivity index is 1.91. The SMILES string of the molecule is CN(CCC[NH+](C)C)c1ccc(C=Cc2cccc[nH+]2)cc1. The highest BCUT2D eigenvalue weighted by Gasteiger charge is 2.02. The van der Waals surface area contributed by atoms with Gasteiger partial charge < -0.3 is 9.80 Å². The van der Waals surface area contributed by atoms with Crippen LogP contribution in [0, 0.1) is 0 Å². The first kappa shape index (κ1) is 16.2. The van der Waals surface area contributed by atoms with E-state index in [1.165, 1.54) is 29.1 Å². The zero-order valence-corrected chi connectivity index (χ0v) is 13.8. The van der Waals surface area contributed by atoms with E-state index >= 15 is 0 Å². The van der Waals surface area contributed by atoms with Gasteiger partial charge in [-0.2, -0.15) is 0 Å². The number of quaternary nitrogens is 1. The molecular formula is C19H27N3+2. The molecule has 2 rings (SSSR count). The van der Waals surface area contributed by atoms with Crippen molar-refractivity contribution in [2.24, 2.45) is 0 Å². The van der Waals surface area contributed by atoms with E-state index in [-0.39, 0.29) is 0 Å². The molecule has 3 nitrogen and oxygen atoms in total. The Morgan fingerprint density at radius 3 is 2.45 bits per heavy atom. The molecule has 1 aromatic carbocycles. The Hall–Kier alpha value is -2.13. The minimum absolute atomic E-state index is 1.10. The fraction of sp³-hybridized carbons (Fsp3) is 0.316. The number of hydrogen-bond acceptors (Lipinski definition) is 1. The number of nitrogens with zero attached hydrogens (tertiary/aromatic N) is 1. The lowest BCUT2D eigenvalue weighted by Gasteiger charge is -2.19. The van der Waals surface area contributed by atoms with Gasteiger partial charge in [-0.25, -0.2) is 4.98 Å². The molecular weight excluding hydrogens is 270 g/mol. The summed E-state index contributed by atoms with van der Waals surface area (Å²) in [7, 11) is 6.56. The molecule has 2 aromatic rings. The van der Waals surface area contributed by atoms with Crippen LogP contribution in [-0.4, -0.2) is 34.2 Å². The van der Waals surface area contributed by atoms with Crippen LogP contribution in [0.15, 0.2) is 48.7 Å². The van der Waals surface area contributed by atoms with E-state index in [2.05, 4.69) is 73.5 Å². The second-order valence-corrected chi connectivity index (χ2v) is 5.97. The Kier molecular flexibility index (Phi) is 6.16. The molecule has 3 heteroatoms. The molecule has 0 radical (unpaired) electrons. The quantitative estimate of drug-likeness (QED) is 0.824. The van der Waals surface area contributed by atoms with Crippen molar-refractivity contribution < 1.29 is 9.88 Å². The molecule has 0 aliphatic heterocycles. The number of aromatic amines is 1. The number of nitrogens with one attached hydrogen (secondary N) is 2. The zero-order valence-electron chi connectivity index (χ0n) is 13.8. The highest BCUT2D eigenvalue weighted by Crippen LogP contribution is 2.15. The lowest BCUT2D eigenvalue weighted by molar-refractivity contribution is -0.858. The summed E-state index contributed by atoms with van der Waals surface area (Å²) in [6.07, 6.45) is 7.38. The van der Waals surface area contributed by atoms with Crippen molar-refractivity contribution >= 4 is 17.8 Å². The Bertz CT molecular complexity index is 573. The second-order valence-electron chi connectivity index (χ2n) is 5.97. The van der Waals surface area contributed by atoms with Crippen LogP contribution in [0.4, 0.5) is 5.69 Å². The van der Waals surface area contributed by atoms with Crippen LogP contribution in [0.3, 0.4) is 0 Å². The monoisotopic (exact) mass is 297 g/mol. The number of pyridine rings is 1. The minimum Gasteiger partial charge on any atom is -0.374 e. The third kappa shape index (κ3) is 5.34. The smallest absolute Gasteiger partial charge is 0.203 e. The van der Waals surface area contributed by atoms with Crippen molar-refractivity contribution in [3.05, 3.63) is 59.9 Å². The van der Waals surface area contributed by atoms with Crippen molar-refractivity contribution in [1.29, 1.82) is 0 Å². The highest BCUT2D eigenvalue weighted by atomic mass is 15.1. The molecule has 0 amide bonds. The van der Waals surface area contributed by atoms with Gasteiger partial charge in [0.05, 0.1) is 20.6 Å². The van der Waals surface area contributed by atoms with Crippen LogP contribution in [0.25, 0.3) is 12.2 Å². The normalized spacial score (nSPS) is 11.3. The van der Waals surface area contributed by atoms with Gasteiger partial charge >= 0.3 is 0 Å². The molecule has 1 aromatic heterocycles. The van der Waals surface area contributed by atoms with E-state index in [4.69, 9.17) is 0 Å². The maximum absolute atomic E-state index is 3.20. The van der Waals surface area contributed by atoms with Gasteiger partial charge in [0.1, 0.15) is 0 Å². The topological polar surface area (TPSA) is 21.8 Å². The molecule has 1 heterocycles. The Morgan fingerprint density at radius 1 is 1.05 bits per heavy atom. The highest BCUT2D eigenvalue weighted by molar-refractivity contribution is 5.68. The number of H-pyrrole nitrogens is 1. The maximum Gasteiger partial charge on any atom is 0.203 e. The lowest BCUT2D eigenvalue weighted by atomic mass is 10.1. The zero-order chi connectivity index (χ0) is 15.8. The predicted molar refractivity (Wildman–Crippen MR) is 93.9 cm³/mol.